The maximum absolute atomic E-state index is 9.62. The van der Waals surface area contributed by atoms with Crippen molar-refractivity contribution in [2.24, 2.45) is 0 Å². The Morgan fingerprint density at radius 3 is 2.17 bits per heavy atom. The highest BCUT2D eigenvalue weighted by molar-refractivity contribution is 5.46. The molecular formula is C19H21NO3. The number of aryl methyl sites for hydroxylation is 1. The summed E-state index contributed by atoms with van der Waals surface area (Å²) in [5.74, 6) is 1.79. The highest BCUT2D eigenvalue weighted by Crippen LogP contribution is 2.33. The SMILES string of the molecule is COc1ccc(CC(C#N)c2cc(C)ccc2OC)cc1OC. The van der Waals surface area contributed by atoms with Gasteiger partial charge in [-0.25, -0.2) is 0 Å². The van der Waals surface area contributed by atoms with Crippen LogP contribution in [0.25, 0.3) is 0 Å². The number of ether oxygens (including phenoxy) is 3. The summed E-state index contributed by atoms with van der Waals surface area (Å²) in [4.78, 5) is 0. The minimum Gasteiger partial charge on any atom is -0.496 e. The van der Waals surface area contributed by atoms with E-state index in [1.807, 2.05) is 43.3 Å². The van der Waals surface area contributed by atoms with Gasteiger partial charge in [0, 0.05) is 5.56 Å². The average Bonchev–Trinajstić information content (AvgIpc) is 2.59. The third kappa shape index (κ3) is 3.75. The van der Waals surface area contributed by atoms with E-state index in [0.29, 0.717) is 17.9 Å². The highest BCUT2D eigenvalue weighted by atomic mass is 16.5. The van der Waals surface area contributed by atoms with Crippen LogP contribution < -0.4 is 14.2 Å². The van der Waals surface area contributed by atoms with E-state index >= 15 is 0 Å². The lowest BCUT2D eigenvalue weighted by molar-refractivity contribution is 0.354. The number of hydrogen-bond acceptors (Lipinski definition) is 4. The van der Waals surface area contributed by atoms with E-state index in [-0.39, 0.29) is 5.92 Å². The van der Waals surface area contributed by atoms with Crippen LogP contribution >= 0.6 is 0 Å². The predicted molar refractivity (Wildman–Crippen MR) is 89.3 cm³/mol. The molecule has 0 aliphatic carbocycles. The van der Waals surface area contributed by atoms with Crippen molar-refractivity contribution in [3.8, 4) is 23.3 Å². The number of hydrogen-bond donors (Lipinski definition) is 0. The van der Waals surface area contributed by atoms with Gasteiger partial charge in [-0.2, -0.15) is 5.26 Å². The summed E-state index contributed by atoms with van der Waals surface area (Å²) in [6, 6.07) is 14.0. The van der Waals surface area contributed by atoms with Crippen molar-refractivity contribution in [1.29, 1.82) is 5.26 Å². The molecule has 0 aromatic heterocycles. The Balaban J connectivity index is 2.34. The monoisotopic (exact) mass is 311 g/mol. The van der Waals surface area contributed by atoms with Gasteiger partial charge in [0.05, 0.1) is 33.3 Å². The second-order valence-electron chi connectivity index (χ2n) is 5.32. The molecule has 4 nitrogen and oxygen atoms in total. The van der Waals surface area contributed by atoms with E-state index in [2.05, 4.69) is 6.07 Å². The van der Waals surface area contributed by atoms with Crippen LogP contribution in [0.4, 0.5) is 0 Å². The van der Waals surface area contributed by atoms with Gasteiger partial charge in [-0.1, -0.05) is 23.8 Å². The zero-order chi connectivity index (χ0) is 16.8. The minimum absolute atomic E-state index is 0.289. The molecule has 0 bridgehead atoms. The molecule has 0 amide bonds. The fourth-order valence-electron chi connectivity index (χ4n) is 2.59. The summed E-state index contributed by atoms with van der Waals surface area (Å²) in [5, 5.41) is 9.62. The van der Waals surface area contributed by atoms with Gasteiger partial charge in [-0.05, 0) is 37.1 Å². The minimum atomic E-state index is -0.289. The number of nitriles is 1. The summed E-state index contributed by atoms with van der Waals surface area (Å²) in [5.41, 5.74) is 3.02. The smallest absolute Gasteiger partial charge is 0.160 e. The normalized spacial score (nSPS) is 11.4. The molecule has 0 aliphatic heterocycles. The first-order valence-corrected chi connectivity index (χ1v) is 7.38. The molecular weight excluding hydrogens is 290 g/mol. The fourth-order valence-corrected chi connectivity index (χ4v) is 2.59. The van der Waals surface area contributed by atoms with Gasteiger partial charge in [0.2, 0.25) is 0 Å². The first kappa shape index (κ1) is 16.7. The van der Waals surface area contributed by atoms with Crippen LogP contribution in [-0.2, 0) is 6.42 Å². The predicted octanol–water partition coefficient (Wildman–Crippen LogP) is 3.87. The lowest BCUT2D eigenvalue weighted by Crippen LogP contribution is -2.04. The maximum Gasteiger partial charge on any atom is 0.160 e. The molecule has 23 heavy (non-hydrogen) atoms. The maximum atomic E-state index is 9.62. The van der Waals surface area contributed by atoms with Gasteiger partial charge in [-0.15, -0.1) is 0 Å². The molecule has 2 aromatic rings. The molecule has 0 saturated heterocycles. The Kier molecular flexibility index (Phi) is 5.48. The number of rotatable bonds is 6. The molecule has 0 fully saturated rings. The van der Waals surface area contributed by atoms with E-state index in [1.54, 1.807) is 21.3 Å². The van der Waals surface area contributed by atoms with E-state index in [4.69, 9.17) is 14.2 Å². The van der Waals surface area contributed by atoms with E-state index in [0.717, 1.165) is 22.4 Å². The van der Waals surface area contributed by atoms with Crippen molar-refractivity contribution >= 4 is 0 Å². The molecule has 0 N–H and O–H groups in total. The van der Waals surface area contributed by atoms with Crippen molar-refractivity contribution in [2.75, 3.05) is 21.3 Å². The molecule has 1 unspecified atom stereocenters. The van der Waals surface area contributed by atoms with Gasteiger partial charge < -0.3 is 14.2 Å². The lowest BCUT2D eigenvalue weighted by Gasteiger charge is -2.16. The van der Waals surface area contributed by atoms with Gasteiger partial charge in [0.1, 0.15) is 5.75 Å². The second kappa shape index (κ2) is 7.55. The van der Waals surface area contributed by atoms with E-state index in [1.165, 1.54) is 0 Å². The zero-order valence-electron chi connectivity index (χ0n) is 13.9. The van der Waals surface area contributed by atoms with Crippen LogP contribution in [0.1, 0.15) is 22.6 Å². The van der Waals surface area contributed by atoms with E-state index in [9.17, 15) is 5.26 Å². The third-order valence-corrected chi connectivity index (χ3v) is 3.80. The quantitative estimate of drug-likeness (QED) is 0.812. The number of methoxy groups -OCH3 is 3. The molecule has 1 atom stereocenters. The van der Waals surface area contributed by atoms with Gasteiger partial charge in [0.25, 0.3) is 0 Å². The largest absolute Gasteiger partial charge is 0.496 e. The molecule has 0 heterocycles. The molecule has 0 spiro atoms. The van der Waals surface area contributed by atoms with E-state index < -0.39 is 0 Å². The summed E-state index contributed by atoms with van der Waals surface area (Å²) in [6.45, 7) is 2.01. The van der Waals surface area contributed by atoms with Gasteiger partial charge in [-0.3, -0.25) is 0 Å². The molecule has 0 radical (unpaired) electrons. The molecule has 4 heteroatoms. The summed E-state index contributed by atoms with van der Waals surface area (Å²) in [6.07, 6.45) is 0.580. The van der Waals surface area contributed by atoms with Crippen LogP contribution in [0, 0.1) is 18.3 Å². The molecule has 0 saturated carbocycles. The van der Waals surface area contributed by atoms with Crippen molar-refractivity contribution in [2.45, 2.75) is 19.3 Å². The van der Waals surface area contributed by atoms with Crippen LogP contribution in [0.3, 0.4) is 0 Å². The molecule has 2 aromatic carbocycles. The lowest BCUT2D eigenvalue weighted by atomic mass is 9.91. The number of benzene rings is 2. The van der Waals surface area contributed by atoms with Crippen LogP contribution in [0.15, 0.2) is 36.4 Å². The molecule has 0 aliphatic rings. The number of nitrogens with zero attached hydrogens (tertiary/aromatic N) is 1. The van der Waals surface area contributed by atoms with Crippen LogP contribution in [0.5, 0.6) is 17.2 Å². The Morgan fingerprint density at radius 1 is 0.913 bits per heavy atom. The van der Waals surface area contributed by atoms with Crippen LogP contribution in [-0.4, -0.2) is 21.3 Å². The summed E-state index contributed by atoms with van der Waals surface area (Å²) < 4.78 is 16.0. The standard InChI is InChI=1S/C19H21NO3/c1-13-5-7-17(21-2)16(9-13)15(12-20)10-14-6-8-18(22-3)19(11-14)23-4/h5-9,11,15H,10H2,1-4H3. The zero-order valence-corrected chi connectivity index (χ0v) is 13.9. The van der Waals surface area contributed by atoms with Gasteiger partial charge >= 0.3 is 0 Å². The Hall–Kier alpha value is -2.67. The Morgan fingerprint density at radius 2 is 1.57 bits per heavy atom. The topological polar surface area (TPSA) is 51.5 Å². The highest BCUT2D eigenvalue weighted by Gasteiger charge is 2.17. The summed E-state index contributed by atoms with van der Waals surface area (Å²) in [7, 11) is 4.83. The summed E-state index contributed by atoms with van der Waals surface area (Å²) >= 11 is 0. The van der Waals surface area contributed by atoms with Crippen molar-refractivity contribution < 1.29 is 14.2 Å². The molecule has 2 rings (SSSR count). The fraction of sp³-hybridized carbons (Fsp3) is 0.316. The van der Waals surface area contributed by atoms with Crippen molar-refractivity contribution in [3.63, 3.8) is 0 Å². The second-order valence-corrected chi connectivity index (χ2v) is 5.32. The average molecular weight is 311 g/mol. The molecule has 120 valence electrons. The Labute approximate surface area is 137 Å². The Bertz CT molecular complexity index is 719. The van der Waals surface area contributed by atoms with Gasteiger partial charge in [0.15, 0.2) is 11.5 Å². The van der Waals surface area contributed by atoms with Crippen LogP contribution in [0.2, 0.25) is 0 Å². The first-order chi connectivity index (χ1) is 11.1. The first-order valence-electron chi connectivity index (χ1n) is 7.38. The van der Waals surface area contributed by atoms with Crippen molar-refractivity contribution in [3.05, 3.63) is 53.1 Å². The third-order valence-electron chi connectivity index (χ3n) is 3.80. The van der Waals surface area contributed by atoms with Crippen molar-refractivity contribution in [1.82, 2.24) is 0 Å².